The second-order valence-corrected chi connectivity index (χ2v) is 6.84. The van der Waals surface area contributed by atoms with Crippen LogP contribution in [0.5, 0.6) is 0 Å². The summed E-state index contributed by atoms with van der Waals surface area (Å²) in [6.07, 6.45) is 7.55. The molecule has 0 aromatic rings. The van der Waals surface area contributed by atoms with Crippen LogP contribution in [0.1, 0.15) is 73.1 Å². The van der Waals surface area contributed by atoms with E-state index in [-0.39, 0.29) is 18.0 Å². The number of rotatable bonds is 9. The molecule has 0 aromatic heterocycles. The van der Waals surface area contributed by atoms with E-state index in [9.17, 15) is 4.79 Å². The third kappa shape index (κ3) is 5.54. The van der Waals surface area contributed by atoms with E-state index in [0.29, 0.717) is 17.8 Å². The van der Waals surface area contributed by atoms with E-state index < -0.39 is 0 Å². The van der Waals surface area contributed by atoms with Crippen LogP contribution in [0.4, 0.5) is 0 Å². The van der Waals surface area contributed by atoms with Crippen LogP contribution in [0.15, 0.2) is 0 Å². The normalized spacial score (nSPS) is 22.3. The Kier molecular flexibility index (Phi) is 6.88. The van der Waals surface area contributed by atoms with Gasteiger partial charge in [-0.15, -0.1) is 0 Å². The lowest BCUT2D eigenvalue weighted by Gasteiger charge is -2.25. The molecule has 0 amide bonds. The summed E-state index contributed by atoms with van der Waals surface area (Å²) in [5.41, 5.74) is 0. The van der Waals surface area contributed by atoms with E-state index >= 15 is 0 Å². The minimum absolute atomic E-state index is 0.0629. The van der Waals surface area contributed by atoms with Crippen LogP contribution in [0, 0.1) is 23.7 Å². The number of unbranched alkanes of at least 4 members (excludes halogenated alkanes) is 3. The van der Waals surface area contributed by atoms with Gasteiger partial charge in [-0.1, -0.05) is 60.3 Å². The fourth-order valence-corrected chi connectivity index (χ4v) is 2.95. The van der Waals surface area contributed by atoms with Crippen LogP contribution in [0.25, 0.3) is 0 Å². The van der Waals surface area contributed by atoms with Gasteiger partial charge in [0.2, 0.25) is 0 Å². The summed E-state index contributed by atoms with van der Waals surface area (Å²) in [7, 11) is 0. The van der Waals surface area contributed by atoms with Gasteiger partial charge in [0.25, 0.3) is 0 Å². The topological polar surface area (TPSA) is 26.3 Å². The molecule has 0 aliphatic heterocycles. The van der Waals surface area contributed by atoms with Crippen molar-refractivity contribution < 1.29 is 9.53 Å². The Hall–Kier alpha value is -0.530. The summed E-state index contributed by atoms with van der Waals surface area (Å²) in [6.45, 7) is 10.8. The minimum Gasteiger partial charge on any atom is -0.462 e. The molecule has 1 rings (SSSR count). The number of esters is 1. The molecule has 1 saturated carbocycles. The van der Waals surface area contributed by atoms with Gasteiger partial charge < -0.3 is 4.74 Å². The van der Waals surface area contributed by atoms with Gasteiger partial charge in [-0.25, -0.2) is 0 Å². The first-order chi connectivity index (χ1) is 8.97. The molecule has 1 aliphatic carbocycles. The lowest BCUT2D eigenvalue weighted by Crippen LogP contribution is -2.29. The zero-order valence-corrected chi connectivity index (χ0v) is 13.4. The van der Waals surface area contributed by atoms with Gasteiger partial charge in [-0.05, 0) is 30.6 Å². The highest BCUT2D eigenvalue weighted by Crippen LogP contribution is 2.43. The Morgan fingerprint density at radius 3 is 2.26 bits per heavy atom. The average Bonchev–Trinajstić information content (AvgIpc) is 3.10. The molecule has 0 unspecified atom stereocenters. The summed E-state index contributed by atoms with van der Waals surface area (Å²) < 4.78 is 5.72. The number of hydrogen-bond donors (Lipinski definition) is 0. The van der Waals surface area contributed by atoms with Crippen molar-refractivity contribution in [2.24, 2.45) is 23.7 Å². The molecular weight excluding hydrogens is 236 g/mol. The van der Waals surface area contributed by atoms with Crippen molar-refractivity contribution in [3.8, 4) is 0 Å². The van der Waals surface area contributed by atoms with Crippen LogP contribution in [0.3, 0.4) is 0 Å². The van der Waals surface area contributed by atoms with Gasteiger partial charge in [0.15, 0.2) is 0 Å². The molecule has 2 atom stereocenters. The monoisotopic (exact) mass is 268 g/mol. The molecule has 1 aliphatic rings. The largest absolute Gasteiger partial charge is 0.462 e. The standard InChI is InChI=1S/C17H32O2/c1-6-7-8-9-10-14-11-15(14)17(18)19-16(12(2)3)13(4)5/h12-16H,6-11H2,1-5H3/t14-,15+/m1/s1. The van der Waals surface area contributed by atoms with E-state index in [4.69, 9.17) is 4.74 Å². The fourth-order valence-electron chi connectivity index (χ4n) is 2.95. The van der Waals surface area contributed by atoms with Crippen LogP contribution < -0.4 is 0 Å². The highest BCUT2D eigenvalue weighted by Gasteiger charge is 2.44. The lowest BCUT2D eigenvalue weighted by molar-refractivity contribution is -0.156. The van der Waals surface area contributed by atoms with Gasteiger partial charge >= 0.3 is 5.97 Å². The maximum Gasteiger partial charge on any atom is 0.309 e. The third-order valence-electron chi connectivity index (χ3n) is 4.22. The first-order valence-corrected chi connectivity index (χ1v) is 8.17. The molecule has 1 fully saturated rings. The molecular formula is C17H32O2. The molecule has 0 saturated heterocycles. The van der Waals surface area contributed by atoms with Gasteiger partial charge in [0.05, 0.1) is 5.92 Å². The molecule has 0 radical (unpaired) electrons. The Labute approximate surface area is 119 Å². The first-order valence-electron chi connectivity index (χ1n) is 8.17. The molecule has 2 heteroatoms. The second-order valence-electron chi connectivity index (χ2n) is 6.84. The summed E-state index contributed by atoms with van der Waals surface area (Å²) in [5.74, 6) is 1.70. The number of hydrogen-bond acceptors (Lipinski definition) is 2. The zero-order chi connectivity index (χ0) is 14.4. The number of carbonyl (C=O) groups excluding carboxylic acids is 1. The molecule has 0 heterocycles. The van der Waals surface area contributed by atoms with Gasteiger partial charge in [-0.3, -0.25) is 4.79 Å². The molecule has 19 heavy (non-hydrogen) atoms. The first kappa shape index (κ1) is 16.5. The molecule has 0 bridgehead atoms. The Morgan fingerprint density at radius 1 is 1.11 bits per heavy atom. The van der Waals surface area contributed by atoms with Crippen molar-refractivity contribution >= 4 is 5.97 Å². The highest BCUT2D eigenvalue weighted by atomic mass is 16.5. The summed E-state index contributed by atoms with van der Waals surface area (Å²) in [6, 6.07) is 0. The third-order valence-corrected chi connectivity index (χ3v) is 4.22. The Morgan fingerprint density at radius 2 is 1.74 bits per heavy atom. The summed E-state index contributed by atoms with van der Waals surface area (Å²) in [5, 5.41) is 0. The van der Waals surface area contributed by atoms with Gasteiger partial charge in [0.1, 0.15) is 6.10 Å². The Balaban J connectivity index is 2.24. The van der Waals surface area contributed by atoms with Gasteiger partial charge in [0, 0.05) is 0 Å². The van der Waals surface area contributed by atoms with Crippen LogP contribution in [-0.4, -0.2) is 12.1 Å². The van der Waals surface area contributed by atoms with Crippen molar-refractivity contribution in [1.29, 1.82) is 0 Å². The molecule has 0 spiro atoms. The predicted octanol–water partition coefficient (Wildman–Crippen LogP) is 4.82. The quantitative estimate of drug-likeness (QED) is 0.443. The number of ether oxygens (including phenoxy) is 1. The predicted molar refractivity (Wildman–Crippen MR) is 79.9 cm³/mol. The number of carbonyl (C=O) groups is 1. The molecule has 2 nitrogen and oxygen atoms in total. The average molecular weight is 268 g/mol. The van der Waals surface area contributed by atoms with E-state index in [1.54, 1.807) is 0 Å². The van der Waals surface area contributed by atoms with Gasteiger partial charge in [-0.2, -0.15) is 0 Å². The maximum absolute atomic E-state index is 12.1. The van der Waals surface area contributed by atoms with Crippen molar-refractivity contribution in [2.45, 2.75) is 79.2 Å². The minimum atomic E-state index is 0.0629. The molecule has 112 valence electrons. The van der Waals surface area contributed by atoms with Crippen molar-refractivity contribution in [2.75, 3.05) is 0 Å². The van der Waals surface area contributed by atoms with E-state index in [1.807, 2.05) is 0 Å². The van der Waals surface area contributed by atoms with Crippen LogP contribution in [0.2, 0.25) is 0 Å². The lowest BCUT2D eigenvalue weighted by atomic mass is 9.96. The van der Waals surface area contributed by atoms with Crippen LogP contribution in [-0.2, 0) is 9.53 Å². The molecule has 0 aromatic carbocycles. The van der Waals surface area contributed by atoms with Crippen molar-refractivity contribution in [3.05, 3.63) is 0 Å². The Bertz CT molecular complexity index is 262. The zero-order valence-electron chi connectivity index (χ0n) is 13.4. The highest BCUT2D eigenvalue weighted by molar-refractivity contribution is 5.75. The van der Waals surface area contributed by atoms with E-state index in [2.05, 4.69) is 34.6 Å². The smallest absolute Gasteiger partial charge is 0.309 e. The van der Waals surface area contributed by atoms with E-state index in [0.717, 1.165) is 6.42 Å². The van der Waals surface area contributed by atoms with Crippen molar-refractivity contribution in [3.63, 3.8) is 0 Å². The van der Waals surface area contributed by atoms with E-state index in [1.165, 1.54) is 32.1 Å². The maximum atomic E-state index is 12.1. The fraction of sp³-hybridized carbons (Fsp3) is 0.941. The molecule has 0 N–H and O–H groups in total. The second kappa shape index (κ2) is 7.91. The summed E-state index contributed by atoms with van der Waals surface area (Å²) in [4.78, 5) is 12.1. The summed E-state index contributed by atoms with van der Waals surface area (Å²) >= 11 is 0. The van der Waals surface area contributed by atoms with Crippen molar-refractivity contribution in [1.82, 2.24) is 0 Å². The van der Waals surface area contributed by atoms with Crippen LogP contribution >= 0.6 is 0 Å². The SMILES string of the molecule is CCCCCC[C@@H]1C[C@@H]1C(=O)OC(C(C)C)C(C)C.